The first-order valence-corrected chi connectivity index (χ1v) is 8.76. The summed E-state index contributed by atoms with van der Waals surface area (Å²) in [4.78, 5) is 4.61. The number of nitrogens with one attached hydrogen (secondary N) is 2. The lowest BCUT2D eigenvalue weighted by molar-refractivity contribution is 0.391. The fourth-order valence-corrected chi connectivity index (χ4v) is 2.90. The van der Waals surface area contributed by atoms with Crippen molar-refractivity contribution in [2.24, 2.45) is 4.99 Å². The van der Waals surface area contributed by atoms with Crippen LogP contribution >= 0.6 is 24.0 Å². The Balaban J connectivity index is 0.00000364. The van der Waals surface area contributed by atoms with E-state index in [2.05, 4.69) is 27.7 Å². The van der Waals surface area contributed by atoms with E-state index in [4.69, 9.17) is 4.52 Å². The molecule has 1 aromatic heterocycles. The first kappa shape index (κ1) is 23.3. The normalized spacial score (nSPS) is 13.7. The molecule has 5 nitrogen and oxygen atoms in total. The molecule has 2 unspecified atom stereocenters. The molecule has 0 radical (unpaired) electrons. The van der Waals surface area contributed by atoms with Gasteiger partial charge in [0, 0.05) is 24.6 Å². The van der Waals surface area contributed by atoms with Gasteiger partial charge in [-0.3, -0.25) is 4.99 Å². The number of aryl methyl sites for hydroxylation is 2. The topological polar surface area (TPSA) is 62.5 Å². The van der Waals surface area contributed by atoms with Gasteiger partial charge in [-0.25, -0.2) is 8.78 Å². The minimum Gasteiger partial charge on any atom is -0.361 e. The van der Waals surface area contributed by atoms with E-state index in [1.807, 2.05) is 27.7 Å². The van der Waals surface area contributed by atoms with Crippen LogP contribution < -0.4 is 10.6 Å². The van der Waals surface area contributed by atoms with Crippen LogP contribution in [-0.2, 0) is 0 Å². The van der Waals surface area contributed by atoms with Gasteiger partial charge < -0.3 is 15.2 Å². The zero-order valence-electron chi connectivity index (χ0n) is 16.3. The summed E-state index contributed by atoms with van der Waals surface area (Å²) < 4.78 is 31.8. The lowest BCUT2D eigenvalue weighted by Gasteiger charge is -2.19. The Morgan fingerprint density at radius 2 is 1.93 bits per heavy atom. The van der Waals surface area contributed by atoms with E-state index in [-0.39, 0.29) is 35.9 Å². The van der Waals surface area contributed by atoms with Crippen LogP contribution in [0.4, 0.5) is 8.78 Å². The number of halogens is 3. The molecule has 0 fully saturated rings. The van der Waals surface area contributed by atoms with Crippen LogP contribution in [0.2, 0.25) is 0 Å². The summed E-state index contributed by atoms with van der Waals surface area (Å²) in [5.41, 5.74) is 2.59. The predicted octanol–water partition coefficient (Wildman–Crippen LogP) is 4.61. The molecule has 0 saturated heterocycles. The maximum Gasteiger partial charge on any atom is 0.191 e. The molecule has 0 aliphatic heterocycles. The molecule has 2 aromatic rings. The van der Waals surface area contributed by atoms with Gasteiger partial charge in [-0.15, -0.1) is 24.0 Å². The molecule has 0 aliphatic carbocycles. The SMILES string of the molecule is CCNC(=NCC(C)c1c(C)noc1C)NC(C)c1ccc(F)c(F)c1.I. The predicted molar refractivity (Wildman–Crippen MR) is 114 cm³/mol. The number of benzene rings is 1. The van der Waals surface area contributed by atoms with Crippen LogP contribution in [0.1, 0.15) is 55.3 Å². The highest BCUT2D eigenvalue weighted by Gasteiger charge is 2.17. The van der Waals surface area contributed by atoms with Crippen LogP contribution in [-0.4, -0.2) is 24.2 Å². The number of aromatic nitrogens is 1. The molecule has 1 heterocycles. The van der Waals surface area contributed by atoms with Crippen molar-refractivity contribution in [3.8, 4) is 0 Å². The number of guanidine groups is 1. The van der Waals surface area contributed by atoms with Gasteiger partial charge in [0.15, 0.2) is 17.6 Å². The van der Waals surface area contributed by atoms with E-state index in [9.17, 15) is 8.78 Å². The Labute approximate surface area is 176 Å². The second-order valence-electron chi connectivity index (χ2n) is 6.40. The van der Waals surface area contributed by atoms with Crippen LogP contribution in [0.25, 0.3) is 0 Å². The second-order valence-corrected chi connectivity index (χ2v) is 6.40. The summed E-state index contributed by atoms with van der Waals surface area (Å²) >= 11 is 0. The second kappa shape index (κ2) is 10.6. The average Bonchev–Trinajstić information content (AvgIpc) is 2.93. The number of hydrogen-bond acceptors (Lipinski definition) is 3. The maximum absolute atomic E-state index is 13.4. The van der Waals surface area contributed by atoms with Crippen molar-refractivity contribution >= 4 is 29.9 Å². The van der Waals surface area contributed by atoms with E-state index in [1.54, 1.807) is 6.07 Å². The zero-order chi connectivity index (χ0) is 19.3. The average molecular weight is 492 g/mol. The third-order valence-electron chi connectivity index (χ3n) is 4.25. The Hall–Kier alpha value is -1.71. The van der Waals surface area contributed by atoms with Crippen LogP contribution in [0, 0.1) is 25.5 Å². The highest BCUT2D eigenvalue weighted by molar-refractivity contribution is 14.0. The highest BCUT2D eigenvalue weighted by Crippen LogP contribution is 2.23. The third-order valence-corrected chi connectivity index (χ3v) is 4.25. The molecule has 2 rings (SSSR count). The van der Waals surface area contributed by atoms with E-state index in [0.717, 1.165) is 23.1 Å². The van der Waals surface area contributed by atoms with Crippen molar-refractivity contribution < 1.29 is 13.3 Å². The quantitative estimate of drug-likeness (QED) is 0.352. The zero-order valence-corrected chi connectivity index (χ0v) is 18.6. The Morgan fingerprint density at radius 3 is 2.48 bits per heavy atom. The minimum atomic E-state index is -0.856. The first-order valence-electron chi connectivity index (χ1n) is 8.76. The molecule has 0 bridgehead atoms. The van der Waals surface area contributed by atoms with E-state index < -0.39 is 11.6 Å². The van der Waals surface area contributed by atoms with Crippen molar-refractivity contribution in [3.05, 3.63) is 52.4 Å². The molecule has 150 valence electrons. The molecule has 0 aliphatic rings. The summed E-state index contributed by atoms with van der Waals surface area (Å²) in [6.45, 7) is 11.0. The van der Waals surface area contributed by atoms with Crippen molar-refractivity contribution in [1.29, 1.82) is 0 Å². The van der Waals surface area contributed by atoms with Crippen molar-refractivity contribution in [3.63, 3.8) is 0 Å². The largest absolute Gasteiger partial charge is 0.361 e. The maximum atomic E-state index is 13.4. The van der Waals surface area contributed by atoms with Crippen molar-refractivity contribution in [1.82, 2.24) is 15.8 Å². The number of nitrogens with zero attached hydrogens (tertiary/aromatic N) is 2. The van der Waals surface area contributed by atoms with Gasteiger partial charge in [-0.1, -0.05) is 18.1 Å². The lowest BCUT2D eigenvalue weighted by atomic mass is 10.00. The molecule has 0 saturated carbocycles. The summed E-state index contributed by atoms with van der Waals surface area (Å²) in [7, 11) is 0. The van der Waals surface area contributed by atoms with Gasteiger partial charge in [0.25, 0.3) is 0 Å². The number of aliphatic imine (C=N–C) groups is 1. The fourth-order valence-electron chi connectivity index (χ4n) is 2.90. The number of hydrogen-bond donors (Lipinski definition) is 2. The van der Waals surface area contributed by atoms with Gasteiger partial charge >= 0.3 is 0 Å². The summed E-state index contributed by atoms with van der Waals surface area (Å²) in [5, 5.41) is 10.4. The standard InChI is InChI=1S/C19H26F2N4O.HI/c1-6-22-19(23-10-11(2)18-13(4)25-26-14(18)5)24-12(3)15-7-8-16(20)17(21)9-15;/h7-9,11-12H,6,10H2,1-5H3,(H2,22,23,24);1H. The molecule has 0 spiro atoms. The molecule has 0 amide bonds. The number of rotatable bonds is 6. The molecule has 8 heteroatoms. The van der Waals surface area contributed by atoms with Gasteiger partial charge in [0.05, 0.1) is 11.7 Å². The van der Waals surface area contributed by atoms with Crippen LogP contribution in [0.5, 0.6) is 0 Å². The Kier molecular flexibility index (Phi) is 9.14. The molecular formula is C19H27F2IN4O. The van der Waals surface area contributed by atoms with Gasteiger partial charge in [-0.05, 0) is 45.4 Å². The van der Waals surface area contributed by atoms with E-state index in [0.29, 0.717) is 24.6 Å². The van der Waals surface area contributed by atoms with Gasteiger partial charge in [0.1, 0.15) is 5.76 Å². The fraction of sp³-hybridized carbons (Fsp3) is 0.474. The molecule has 27 heavy (non-hydrogen) atoms. The van der Waals surface area contributed by atoms with E-state index in [1.165, 1.54) is 6.07 Å². The van der Waals surface area contributed by atoms with Crippen molar-refractivity contribution in [2.45, 2.75) is 46.6 Å². The van der Waals surface area contributed by atoms with Crippen LogP contribution in [0.15, 0.2) is 27.7 Å². The van der Waals surface area contributed by atoms with Gasteiger partial charge in [0.2, 0.25) is 0 Å². The Bertz CT molecular complexity index is 760. The highest BCUT2D eigenvalue weighted by atomic mass is 127. The van der Waals surface area contributed by atoms with Crippen molar-refractivity contribution in [2.75, 3.05) is 13.1 Å². The Morgan fingerprint density at radius 1 is 1.22 bits per heavy atom. The third kappa shape index (κ3) is 6.15. The molecule has 1 aromatic carbocycles. The van der Waals surface area contributed by atoms with Crippen LogP contribution in [0.3, 0.4) is 0 Å². The first-order chi connectivity index (χ1) is 12.3. The van der Waals surface area contributed by atoms with E-state index >= 15 is 0 Å². The monoisotopic (exact) mass is 492 g/mol. The summed E-state index contributed by atoms with van der Waals surface area (Å²) in [5.74, 6) is -0.142. The molecule has 2 atom stereocenters. The lowest BCUT2D eigenvalue weighted by Crippen LogP contribution is -2.39. The summed E-state index contributed by atoms with van der Waals surface area (Å²) in [6.07, 6.45) is 0. The minimum absolute atomic E-state index is 0. The summed E-state index contributed by atoms with van der Waals surface area (Å²) in [6, 6.07) is 3.67. The molecular weight excluding hydrogens is 465 g/mol. The van der Waals surface area contributed by atoms with Gasteiger partial charge in [-0.2, -0.15) is 0 Å². The smallest absolute Gasteiger partial charge is 0.191 e. The molecule has 2 N–H and O–H groups in total.